The highest BCUT2D eigenvalue weighted by atomic mass is 19.3. The van der Waals surface area contributed by atoms with E-state index >= 15 is 0 Å². The van der Waals surface area contributed by atoms with Crippen LogP contribution in [-0.2, 0) is 4.74 Å². The van der Waals surface area contributed by atoms with Crippen molar-refractivity contribution < 1.29 is 33.9 Å². The highest BCUT2D eigenvalue weighted by Crippen LogP contribution is 2.32. The molecule has 1 rings (SSSR count). The summed E-state index contributed by atoms with van der Waals surface area (Å²) in [6.07, 6.45) is -11.8. The van der Waals surface area contributed by atoms with Crippen LogP contribution in [0.2, 0.25) is 0 Å². The first-order valence-corrected chi connectivity index (χ1v) is 3.61. The number of aliphatic hydroxyl groups is 4. The lowest BCUT2D eigenvalue weighted by Crippen LogP contribution is -2.61. The van der Waals surface area contributed by atoms with Gasteiger partial charge in [0.2, 0.25) is 0 Å². The van der Waals surface area contributed by atoms with Crippen LogP contribution in [0.5, 0.6) is 0 Å². The second kappa shape index (κ2) is 3.43. The molecule has 1 aliphatic rings. The maximum absolute atomic E-state index is 12.6. The Bertz CT molecular complexity index is 186. The average Bonchev–Trinajstić information content (AvgIpc) is 2.08. The Morgan fingerprint density at radius 2 is 1.69 bits per heavy atom. The minimum atomic E-state index is -3.95. The van der Waals surface area contributed by atoms with Gasteiger partial charge in [0.25, 0.3) is 0 Å². The van der Waals surface area contributed by atoms with Gasteiger partial charge in [-0.15, -0.1) is 0 Å². The van der Waals surface area contributed by atoms with Crippen LogP contribution >= 0.6 is 0 Å². The molecule has 7 heteroatoms. The minimum Gasteiger partial charge on any atom is -0.394 e. The Kier molecular flexibility index (Phi) is 2.83. The van der Waals surface area contributed by atoms with Crippen LogP contribution < -0.4 is 0 Å². The molecule has 5 nitrogen and oxygen atoms in total. The Morgan fingerprint density at radius 1 is 1.15 bits per heavy atom. The lowest BCUT2D eigenvalue weighted by atomic mass is 9.99. The summed E-state index contributed by atoms with van der Waals surface area (Å²) >= 11 is 0. The van der Waals surface area contributed by atoms with E-state index in [1.54, 1.807) is 0 Å². The molecule has 0 radical (unpaired) electrons. The predicted molar refractivity (Wildman–Crippen MR) is 34.9 cm³/mol. The SMILES string of the molecule is OCC1OC(F)(F)C(O)C(O)C1O. The number of hydrogen-bond acceptors (Lipinski definition) is 5. The van der Waals surface area contributed by atoms with Crippen molar-refractivity contribution in [3.05, 3.63) is 0 Å². The lowest BCUT2D eigenvalue weighted by molar-refractivity contribution is -0.372. The molecule has 4 unspecified atom stereocenters. The summed E-state index contributed by atoms with van der Waals surface area (Å²) in [7, 11) is 0. The van der Waals surface area contributed by atoms with E-state index in [-0.39, 0.29) is 0 Å². The molecule has 1 fully saturated rings. The van der Waals surface area contributed by atoms with Gasteiger partial charge in [0, 0.05) is 0 Å². The highest BCUT2D eigenvalue weighted by molar-refractivity contribution is 4.91. The topological polar surface area (TPSA) is 90.2 Å². The number of aliphatic hydroxyl groups excluding tert-OH is 4. The fraction of sp³-hybridized carbons (Fsp3) is 1.00. The molecule has 4 N–H and O–H groups in total. The van der Waals surface area contributed by atoms with Gasteiger partial charge in [0.05, 0.1) is 6.61 Å². The number of rotatable bonds is 1. The molecular weight excluding hydrogens is 190 g/mol. The number of ether oxygens (including phenoxy) is 1. The van der Waals surface area contributed by atoms with Gasteiger partial charge in [-0.2, -0.15) is 8.78 Å². The molecule has 0 aliphatic carbocycles. The minimum absolute atomic E-state index is 0.861. The molecule has 0 aromatic carbocycles. The van der Waals surface area contributed by atoms with Crippen molar-refractivity contribution >= 4 is 0 Å². The molecule has 0 aromatic rings. The van der Waals surface area contributed by atoms with E-state index in [4.69, 9.17) is 20.4 Å². The molecule has 4 atom stereocenters. The quantitative estimate of drug-likeness (QED) is 0.395. The third-order valence-electron chi connectivity index (χ3n) is 1.89. The van der Waals surface area contributed by atoms with E-state index in [1.165, 1.54) is 0 Å². The van der Waals surface area contributed by atoms with Crippen molar-refractivity contribution in [1.82, 2.24) is 0 Å². The first-order chi connectivity index (χ1) is 5.90. The van der Waals surface area contributed by atoms with Crippen molar-refractivity contribution in [2.45, 2.75) is 30.5 Å². The van der Waals surface area contributed by atoms with Crippen LogP contribution in [0.3, 0.4) is 0 Å². The van der Waals surface area contributed by atoms with Crippen LogP contribution in [0.4, 0.5) is 8.78 Å². The first kappa shape index (κ1) is 10.7. The summed E-state index contributed by atoms with van der Waals surface area (Å²) in [5, 5.41) is 35.1. The van der Waals surface area contributed by atoms with Crippen molar-refractivity contribution in [2.75, 3.05) is 6.61 Å². The number of alkyl halides is 2. The Balaban J connectivity index is 2.79. The molecule has 1 saturated heterocycles. The van der Waals surface area contributed by atoms with Crippen molar-refractivity contribution in [3.8, 4) is 0 Å². The maximum Gasteiger partial charge on any atom is 0.384 e. The predicted octanol–water partition coefficient (Wildman–Crippen LogP) is -1.95. The zero-order chi connectivity index (χ0) is 10.2. The summed E-state index contributed by atoms with van der Waals surface area (Å²) in [6.45, 7) is -0.861. The highest BCUT2D eigenvalue weighted by Gasteiger charge is 2.55. The van der Waals surface area contributed by atoms with Crippen molar-refractivity contribution in [2.24, 2.45) is 0 Å². The van der Waals surface area contributed by atoms with E-state index in [0.29, 0.717) is 0 Å². The lowest BCUT2D eigenvalue weighted by Gasteiger charge is -2.39. The molecule has 1 aliphatic heterocycles. The van der Waals surface area contributed by atoms with E-state index in [0.717, 1.165) is 0 Å². The van der Waals surface area contributed by atoms with Crippen LogP contribution in [0.25, 0.3) is 0 Å². The van der Waals surface area contributed by atoms with Gasteiger partial charge in [-0.1, -0.05) is 0 Å². The van der Waals surface area contributed by atoms with Crippen LogP contribution in [-0.4, -0.2) is 57.6 Å². The van der Waals surface area contributed by atoms with E-state index < -0.39 is 37.1 Å². The summed E-state index contributed by atoms with van der Waals surface area (Å²) in [6, 6.07) is 0. The normalized spacial score (nSPS) is 44.8. The zero-order valence-electron chi connectivity index (χ0n) is 6.47. The van der Waals surface area contributed by atoms with Crippen molar-refractivity contribution in [3.63, 3.8) is 0 Å². The van der Waals surface area contributed by atoms with Gasteiger partial charge in [0.1, 0.15) is 18.3 Å². The number of hydrogen-bond donors (Lipinski definition) is 4. The monoisotopic (exact) mass is 200 g/mol. The van der Waals surface area contributed by atoms with E-state index in [1.807, 2.05) is 0 Å². The Labute approximate surface area is 72.2 Å². The molecule has 0 spiro atoms. The molecule has 0 aromatic heterocycles. The first-order valence-electron chi connectivity index (χ1n) is 3.61. The summed E-state index contributed by atoms with van der Waals surface area (Å²) in [5.41, 5.74) is 0. The van der Waals surface area contributed by atoms with Crippen molar-refractivity contribution in [1.29, 1.82) is 0 Å². The number of halogens is 2. The van der Waals surface area contributed by atoms with E-state index in [9.17, 15) is 8.78 Å². The second-order valence-corrected chi connectivity index (χ2v) is 2.83. The van der Waals surface area contributed by atoms with Crippen LogP contribution in [0, 0.1) is 0 Å². The van der Waals surface area contributed by atoms with Gasteiger partial charge in [-0.3, -0.25) is 0 Å². The molecule has 1 heterocycles. The van der Waals surface area contributed by atoms with Crippen LogP contribution in [0.1, 0.15) is 0 Å². The fourth-order valence-corrected chi connectivity index (χ4v) is 1.09. The smallest absolute Gasteiger partial charge is 0.384 e. The fourth-order valence-electron chi connectivity index (χ4n) is 1.09. The largest absolute Gasteiger partial charge is 0.394 e. The van der Waals surface area contributed by atoms with Gasteiger partial charge in [-0.25, -0.2) is 0 Å². The molecule has 0 amide bonds. The average molecular weight is 200 g/mol. The summed E-state index contributed by atoms with van der Waals surface area (Å²) in [5.74, 6) is 0. The second-order valence-electron chi connectivity index (χ2n) is 2.83. The maximum atomic E-state index is 12.6. The van der Waals surface area contributed by atoms with E-state index in [2.05, 4.69) is 4.74 Å². The Morgan fingerprint density at radius 3 is 2.15 bits per heavy atom. The zero-order valence-corrected chi connectivity index (χ0v) is 6.47. The standard InChI is InChI=1S/C6H10F2O5/c7-6(8)5(12)4(11)3(10)2(1-9)13-6/h2-5,9-12H,1H2. The summed E-state index contributed by atoms with van der Waals surface area (Å²) in [4.78, 5) is 0. The Hall–Kier alpha value is -0.340. The van der Waals surface area contributed by atoms with Gasteiger partial charge < -0.3 is 25.2 Å². The van der Waals surface area contributed by atoms with Gasteiger partial charge >= 0.3 is 6.11 Å². The molecular formula is C6H10F2O5. The molecule has 13 heavy (non-hydrogen) atoms. The van der Waals surface area contributed by atoms with Gasteiger partial charge in [0.15, 0.2) is 6.10 Å². The third kappa shape index (κ3) is 1.79. The molecule has 0 bridgehead atoms. The molecule has 0 saturated carbocycles. The molecule has 78 valence electrons. The van der Waals surface area contributed by atoms with Gasteiger partial charge in [-0.05, 0) is 0 Å². The van der Waals surface area contributed by atoms with Crippen LogP contribution in [0.15, 0.2) is 0 Å². The summed E-state index contributed by atoms with van der Waals surface area (Å²) < 4.78 is 29.1. The third-order valence-corrected chi connectivity index (χ3v) is 1.89.